The molecule has 0 aromatic carbocycles. The first-order chi connectivity index (χ1) is 9.15. The first-order valence-corrected chi connectivity index (χ1v) is 8.15. The van der Waals surface area contributed by atoms with Crippen LogP contribution in [0.4, 0.5) is 0 Å². The molecule has 3 saturated heterocycles. The lowest BCUT2D eigenvalue weighted by atomic mass is 9.81. The summed E-state index contributed by atoms with van der Waals surface area (Å²) >= 11 is 0. The van der Waals surface area contributed by atoms with Gasteiger partial charge in [-0.2, -0.15) is 0 Å². The summed E-state index contributed by atoms with van der Waals surface area (Å²) in [6.07, 6.45) is 6.78. The molecule has 2 atom stereocenters. The van der Waals surface area contributed by atoms with E-state index < -0.39 is 0 Å². The molecule has 0 saturated carbocycles. The molecule has 3 aliphatic rings. The van der Waals surface area contributed by atoms with Gasteiger partial charge in [-0.3, -0.25) is 0 Å². The average Bonchev–Trinajstić information content (AvgIpc) is 2.58. The van der Waals surface area contributed by atoms with Gasteiger partial charge in [0.2, 0.25) is 0 Å². The Bertz CT molecular complexity index is 301. The predicted octanol–water partition coefficient (Wildman–Crippen LogP) is 2.22. The zero-order valence-corrected chi connectivity index (χ0v) is 12.7. The highest BCUT2D eigenvalue weighted by atomic mass is 16.5. The summed E-state index contributed by atoms with van der Waals surface area (Å²) in [5.41, 5.74) is 0.495. The first-order valence-electron chi connectivity index (χ1n) is 8.15. The van der Waals surface area contributed by atoms with Gasteiger partial charge >= 0.3 is 0 Å². The summed E-state index contributed by atoms with van der Waals surface area (Å²) in [6.45, 7) is 9.65. The van der Waals surface area contributed by atoms with Gasteiger partial charge in [-0.25, -0.2) is 0 Å². The van der Waals surface area contributed by atoms with Crippen LogP contribution in [0.2, 0.25) is 0 Å². The Morgan fingerprint density at radius 1 is 1.11 bits per heavy atom. The van der Waals surface area contributed by atoms with Crippen molar-refractivity contribution >= 4 is 0 Å². The number of ether oxygens (including phenoxy) is 1. The summed E-state index contributed by atoms with van der Waals surface area (Å²) in [6, 6.07) is 0.802. The molecular weight excluding hydrogens is 236 g/mol. The molecule has 0 amide bonds. The Morgan fingerprint density at radius 2 is 1.89 bits per heavy atom. The van der Waals surface area contributed by atoms with Crippen LogP contribution in [0.5, 0.6) is 0 Å². The van der Waals surface area contributed by atoms with Crippen LogP contribution in [-0.4, -0.2) is 62.3 Å². The van der Waals surface area contributed by atoms with Crippen molar-refractivity contribution in [2.24, 2.45) is 11.3 Å². The van der Waals surface area contributed by atoms with E-state index in [1.54, 1.807) is 0 Å². The van der Waals surface area contributed by atoms with Gasteiger partial charge in [-0.1, -0.05) is 13.3 Å². The van der Waals surface area contributed by atoms with Crippen LogP contribution in [0.1, 0.15) is 39.0 Å². The SMILES string of the molecule is CN1C[C@@H]2CCC[C@H]1CN(CC1(C)CCOCC1)C2. The van der Waals surface area contributed by atoms with E-state index in [4.69, 9.17) is 4.74 Å². The molecule has 3 heteroatoms. The van der Waals surface area contributed by atoms with E-state index in [-0.39, 0.29) is 0 Å². The highest BCUT2D eigenvalue weighted by molar-refractivity contribution is 4.89. The third-order valence-electron chi connectivity index (χ3n) is 5.61. The van der Waals surface area contributed by atoms with Gasteiger partial charge in [-0.05, 0) is 44.1 Å². The Balaban J connectivity index is 1.64. The molecule has 110 valence electrons. The molecule has 3 aliphatic heterocycles. The summed E-state index contributed by atoms with van der Waals surface area (Å²) in [4.78, 5) is 5.41. The van der Waals surface area contributed by atoms with Crippen molar-refractivity contribution < 1.29 is 4.74 Å². The summed E-state index contributed by atoms with van der Waals surface area (Å²) in [5, 5.41) is 0. The second kappa shape index (κ2) is 5.71. The van der Waals surface area contributed by atoms with E-state index in [9.17, 15) is 0 Å². The van der Waals surface area contributed by atoms with Crippen molar-refractivity contribution in [3.05, 3.63) is 0 Å². The van der Waals surface area contributed by atoms with Gasteiger partial charge in [0.05, 0.1) is 0 Å². The monoisotopic (exact) mass is 266 g/mol. The van der Waals surface area contributed by atoms with Crippen molar-refractivity contribution in [1.29, 1.82) is 0 Å². The molecule has 2 bridgehead atoms. The number of hydrogen-bond acceptors (Lipinski definition) is 3. The minimum absolute atomic E-state index is 0.495. The lowest BCUT2D eigenvalue weighted by molar-refractivity contribution is 0.00145. The number of fused-ring (bicyclic) bond motifs is 3. The fourth-order valence-corrected chi connectivity index (χ4v) is 4.32. The number of likely N-dealkylation sites (N-methyl/N-ethyl adjacent to an activating group) is 1. The standard InChI is InChI=1S/C16H30N2O/c1-16(6-8-19-9-7-16)13-18-11-14-4-3-5-15(12-18)17(2)10-14/h14-15H,3-13H2,1-2H3/t14-,15-/m0/s1. The van der Waals surface area contributed by atoms with Crippen molar-refractivity contribution in [1.82, 2.24) is 9.80 Å². The second-order valence-corrected chi connectivity index (χ2v) is 7.51. The van der Waals surface area contributed by atoms with Crippen LogP contribution in [0.3, 0.4) is 0 Å². The second-order valence-electron chi connectivity index (χ2n) is 7.51. The van der Waals surface area contributed by atoms with Crippen LogP contribution in [-0.2, 0) is 4.74 Å². The van der Waals surface area contributed by atoms with Crippen LogP contribution in [0.25, 0.3) is 0 Å². The van der Waals surface area contributed by atoms with Gasteiger partial charge in [-0.15, -0.1) is 0 Å². The Labute approximate surface area is 118 Å². The fourth-order valence-electron chi connectivity index (χ4n) is 4.32. The molecule has 0 radical (unpaired) electrons. The van der Waals surface area contributed by atoms with E-state index >= 15 is 0 Å². The van der Waals surface area contributed by atoms with Crippen molar-refractivity contribution in [2.75, 3.05) is 46.4 Å². The van der Waals surface area contributed by atoms with E-state index in [1.165, 1.54) is 58.3 Å². The zero-order chi connectivity index (χ0) is 13.3. The van der Waals surface area contributed by atoms with Gasteiger partial charge < -0.3 is 14.5 Å². The molecule has 3 fully saturated rings. The first kappa shape index (κ1) is 13.8. The van der Waals surface area contributed by atoms with Crippen LogP contribution < -0.4 is 0 Å². The maximum absolute atomic E-state index is 5.54. The zero-order valence-electron chi connectivity index (χ0n) is 12.7. The molecule has 0 aliphatic carbocycles. The van der Waals surface area contributed by atoms with Crippen LogP contribution in [0.15, 0.2) is 0 Å². The van der Waals surface area contributed by atoms with Crippen molar-refractivity contribution in [3.8, 4) is 0 Å². The minimum atomic E-state index is 0.495. The maximum Gasteiger partial charge on any atom is 0.0471 e. The summed E-state index contributed by atoms with van der Waals surface area (Å²) in [7, 11) is 2.34. The molecule has 19 heavy (non-hydrogen) atoms. The molecule has 0 aromatic heterocycles. The van der Waals surface area contributed by atoms with Gasteiger partial charge in [0, 0.05) is 45.4 Å². The minimum Gasteiger partial charge on any atom is -0.381 e. The van der Waals surface area contributed by atoms with Gasteiger partial charge in [0.15, 0.2) is 0 Å². The molecule has 3 nitrogen and oxygen atoms in total. The molecule has 0 N–H and O–H groups in total. The van der Waals surface area contributed by atoms with E-state index in [1.807, 2.05) is 0 Å². The lowest BCUT2D eigenvalue weighted by Gasteiger charge is -2.40. The molecule has 0 spiro atoms. The third-order valence-corrected chi connectivity index (χ3v) is 5.61. The van der Waals surface area contributed by atoms with E-state index in [0.29, 0.717) is 5.41 Å². The molecule has 0 aromatic rings. The molecule has 0 unspecified atom stereocenters. The number of hydrogen-bond donors (Lipinski definition) is 0. The Kier molecular flexibility index (Phi) is 4.16. The predicted molar refractivity (Wildman–Crippen MR) is 78.4 cm³/mol. The summed E-state index contributed by atoms with van der Waals surface area (Å²) in [5.74, 6) is 0.904. The lowest BCUT2D eigenvalue weighted by Crippen LogP contribution is -2.45. The molecule has 3 rings (SSSR count). The Morgan fingerprint density at radius 3 is 2.68 bits per heavy atom. The number of likely N-dealkylation sites (tertiary alicyclic amines) is 1. The van der Waals surface area contributed by atoms with Gasteiger partial charge in [0.1, 0.15) is 0 Å². The summed E-state index contributed by atoms with van der Waals surface area (Å²) < 4.78 is 5.54. The quantitative estimate of drug-likeness (QED) is 0.762. The highest BCUT2D eigenvalue weighted by Crippen LogP contribution is 2.33. The largest absolute Gasteiger partial charge is 0.381 e. The van der Waals surface area contributed by atoms with E-state index in [2.05, 4.69) is 23.8 Å². The van der Waals surface area contributed by atoms with Crippen molar-refractivity contribution in [2.45, 2.75) is 45.1 Å². The number of rotatable bonds is 2. The highest BCUT2D eigenvalue weighted by Gasteiger charge is 2.35. The smallest absolute Gasteiger partial charge is 0.0471 e. The normalized spacial score (nSPS) is 36.9. The van der Waals surface area contributed by atoms with Crippen LogP contribution in [0, 0.1) is 11.3 Å². The van der Waals surface area contributed by atoms with Crippen molar-refractivity contribution in [3.63, 3.8) is 0 Å². The fraction of sp³-hybridized carbons (Fsp3) is 1.00. The van der Waals surface area contributed by atoms with E-state index in [0.717, 1.165) is 25.2 Å². The number of nitrogens with zero attached hydrogens (tertiary/aromatic N) is 2. The topological polar surface area (TPSA) is 15.7 Å². The van der Waals surface area contributed by atoms with Crippen LogP contribution >= 0.6 is 0 Å². The third kappa shape index (κ3) is 3.32. The Hall–Kier alpha value is -0.120. The average molecular weight is 266 g/mol. The molecular formula is C16H30N2O. The maximum atomic E-state index is 5.54. The molecule has 3 heterocycles. The van der Waals surface area contributed by atoms with Gasteiger partial charge in [0.25, 0.3) is 0 Å².